The van der Waals surface area contributed by atoms with Crippen LogP contribution in [0.25, 0.3) is 0 Å². The van der Waals surface area contributed by atoms with Crippen molar-refractivity contribution in [2.75, 3.05) is 20.2 Å². The number of unbranched alkanes of at least 4 members (excludes halogenated alkanes) is 1. The SMILES string of the molecule is CCOC(=O)CCCCN(C)C(C)=O. The molecule has 82 valence electrons. The van der Waals surface area contributed by atoms with Crippen LogP contribution in [-0.2, 0) is 14.3 Å². The summed E-state index contributed by atoms with van der Waals surface area (Å²) in [6.45, 7) is 4.47. The first-order chi connectivity index (χ1) is 6.57. The Morgan fingerprint density at radius 3 is 2.43 bits per heavy atom. The van der Waals surface area contributed by atoms with E-state index in [1.54, 1.807) is 18.9 Å². The molecule has 0 bridgehead atoms. The zero-order valence-corrected chi connectivity index (χ0v) is 9.21. The minimum absolute atomic E-state index is 0.0566. The highest BCUT2D eigenvalue weighted by Gasteiger charge is 2.03. The topological polar surface area (TPSA) is 46.6 Å². The molecule has 0 fully saturated rings. The average Bonchev–Trinajstić information content (AvgIpc) is 2.12. The maximum absolute atomic E-state index is 10.9. The summed E-state index contributed by atoms with van der Waals surface area (Å²) in [5.41, 5.74) is 0. The van der Waals surface area contributed by atoms with Gasteiger partial charge < -0.3 is 9.64 Å². The van der Waals surface area contributed by atoms with Crippen LogP contribution in [0.15, 0.2) is 0 Å². The van der Waals surface area contributed by atoms with Gasteiger partial charge in [-0.15, -0.1) is 0 Å². The number of esters is 1. The van der Waals surface area contributed by atoms with E-state index in [1.807, 2.05) is 0 Å². The molecule has 1 amide bonds. The fourth-order valence-electron chi connectivity index (χ4n) is 1.01. The lowest BCUT2D eigenvalue weighted by Gasteiger charge is -2.13. The summed E-state index contributed by atoms with van der Waals surface area (Å²) in [4.78, 5) is 23.4. The molecule has 14 heavy (non-hydrogen) atoms. The molecule has 4 heteroatoms. The predicted octanol–water partition coefficient (Wildman–Crippen LogP) is 1.20. The number of ether oxygens (including phenoxy) is 1. The van der Waals surface area contributed by atoms with Crippen molar-refractivity contribution < 1.29 is 14.3 Å². The van der Waals surface area contributed by atoms with Crippen LogP contribution in [0.1, 0.15) is 33.1 Å². The van der Waals surface area contributed by atoms with Gasteiger partial charge in [0.2, 0.25) is 5.91 Å². The molecule has 0 saturated heterocycles. The molecule has 0 N–H and O–H groups in total. The van der Waals surface area contributed by atoms with Crippen molar-refractivity contribution in [2.24, 2.45) is 0 Å². The molecule has 0 unspecified atom stereocenters. The molecule has 4 nitrogen and oxygen atoms in total. The maximum atomic E-state index is 10.9. The van der Waals surface area contributed by atoms with Crippen LogP contribution in [0, 0.1) is 0 Å². The Morgan fingerprint density at radius 2 is 1.93 bits per heavy atom. The Bertz CT molecular complexity index is 192. The van der Waals surface area contributed by atoms with Crippen molar-refractivity contribution in [1.82, 2.24) is 4.90 Å². The summed E-state index contributed by atoms with van der Waals surface area (Å²) in [7, 11) is 1.76. The monoisotopic (exact) mass is 201 g/mol. The van der Waals surface area contributed by atoms with E-state index in [4.69, 9.17) is 4.74 Å². The molecule has 0 rings (SSSR count). The Balaban J connectivity index is 3.37. The minimum Gasteiger partial charge on any atom is -0.466 e. The van der Waals surface area contributed by atoms with Gasteiger partial charge >= 0.3 is 5.97 Å². The maximum Gasteiger partial charge on any atom is 0.305 e. The van der Waals surface area contributed by atoms with Gasteiger partial charge in [-0.3, -0.25) is 9.59 Å². The first-order valence-electron chi connectivity index (χ1n) is 4.95. The van der Waals surface area contributed by atoms with Crippen LogP contribution in [0.2, 0.25) is 0 Å². The molecule has 0 aliphatic rings. The molecular formula is C10H19NO3. The van der Waals surface area contributed by atoms with Crippen molar-refractivity contribution in [1.29, 1.82) is 0 Å². The number of carbonyl (C=O) groups excluding carboxylic acids is 2. The standard InChI is InChI=1S/C10H19NO3/c1-4-14-10(13)7-5-6-8-11(3)9(2)12/h4-8H2,1-3H3. The van der Waals surface area contributed by atoms with Crippen LogP contribution in [-0.4, -0.2) is 37.0 Å². The Labute approximate surface area is 85.2 Å². The number of amides is 1. The van der Waals surface area contributed by atoms with Crippen LogP contribution in [0.4, 0.5) is 0 Å². The van der Waals surface area contributed by atoms with Crippen molar-refractivity contribution in [3.8, 4) is 0 Å². The predicted molar refractivity (Wildman–Crippen MR) is 53.8 cm³/mol. The zero-order chi connectivity index (χ0) is 11.0. The van der Waals surface area contributed by atoms with Crippen molar-refractivity contribution in [3.63, 3.8) is 0 Å². The fourth-order valence-corrected chi connectivity index (χ4v) is 1.01. The van der Waals surface area contributed by atoms with Gasteiger partial charge in [0.25, 0.3) is 0 Å². The lowest BCUT2D eigenvalue weighted by Crippen LogP contribution is -2.24. The summed E-state index contributed by atoms with van der Waals surface area (Å²) in [5.74, 6) is -0.0980. The van der Waals surface area contributed by atoms with E-state index in [1.165, 1.54) is 6.92 Å². The smallest absolute Gasteiger partial charge is 0.305 e. The summed E-state index contributed by atoms with van der Waals surface area (Å²) in [6, 6.07) is 0. The van der Waals surface area contributed by atoms with Crippen molar-refractivity contribution in [3.05, 3.63) is 0 Å². The van der Waals surface area contributed by atoms with Crippen LogP contribution < -0.4 is 0 Å². The van der Waals surface area contributed by atoms with E-state index in [2.05, 4.69) is 0 Å². The van der Waals surface area contributed by atoms with E-state index in [0.717, 1.165) is 12.8 Å². The molecule has 0 heterocycles. The van der Waals surface area contributed by atoms with Gasteiger partial charge in [0.1, 0.15) is 0 Å². The third kappa shape index (κ3) is 6.46. The van der Waals surface area contributed by atoms with Gasteiger partial charge in [0.05, 0.1) is 6.61 Å². The molecule has 0 spiro atoms. The van der Waals surface area contributed by atoms with E-state index in [0.29, 0.717) is 19.6 Å². The molecule has 0 aliphatic carbocycles. The second kappa shape index (κ2) is 7.35. The first-order valence-corrected chi connectivity index (χ1v) is 4.95. The van der Waals surface area contributed by atoms with Gasteiger partial charge in [-0.1, -0.05) is 0 Å². The lowest BCUT2D eigenvalue weighted by atomic mass is 10.2. The highest BCUT2D eigenvalue weighted by atomic mass is 16.5. The molecule has 0 aromatic rings. The van der Waals surface area contributed by atoms with Crippen molar-refractivity contribution >= 4 is 11.9 Å². The number of hydrogen-bond donors (Lipinski definition) is 0. The fraction of sp³-hybridized carbons (Fsp3) is 0.800. The third-order valence-electron chi connectivity index (χ3n) is 1.97. The largest absolute Gasteiger partial charge is 0.466 e. The molecular weight excluding hydrogens is 182 g/mol. The van der Waals surface area contributed by atoms with Gasteiger partial charge in [0.15, 0.2) is 0 Å². The molecule has 0 atom stereocenters. The number of nitrogens with zero attached hydrogens (tertiary/aromatic N) is 1. The molecule has 0 aromatic heterocycles. The average molecular weight is 201 g/mol. The normalized spacial score (nSPS) is 9.64. The number of hydrogen-bond acceptors (Lipinski definition) is 3. The quantitative estimate of drug-likeness (QED) is 0.479. The Hall–Kier alpha value is -1.06. The third-order valence-corrected chi connectivity index (χ3v) is 1.97. The van der Waals surface area contributed by atoms with Crippen molar-refractivity contribution in [2.45, 2.75) is 33.1 Å². The molecule has 0 saturated carbocycles. The summed E-state index contributed by atoms with van der Waals surface area (Å²) in [5, 5.41) is 0. The highest BCUT2D eigenvalue weighted by molar-refractivity contribution is 5.72. The highest BCUT2D eigenvalue weighted by Crippen LogP contribution is 1.99. The minimum atomic E-state index is -0.155. The Kier molecular flexibility index (Phi) is 6.80. The van der Waals surface area contributed by atoms with E-state index in [9.17, 15) is 9.59 Å². The second-order valence-corrected chi connectivity index (χ2v) is 3.20. The summed E-state index contributed by atoms with van der Waals surface area (Å²) in [6.07, 6.45) is 2.06. The molecule has 0 aliphatic heterocycles. The van der Waals surface area contributed by atoms with Gasteiger partial charge in [-0.05, 0) is 19.8 Å². The second-order valence-electron chi connectivity index (χ2n) is 3.20. The summed E-state index contributed by atoms with van der Waals surface area (Å²) < 4.78 is 4.78. The van der Waals surface area contributed by atoms with E-state index < -0.39 is 0 Å². The molecule has 0 aromatic carbocycles. The first kappa shape index (κ1) is 12.9. The van der Waals surface area contributed by atoms with Gasteiger partial charge in [-0.25, -0.2) is 0 Å². The zero-order valence-electron chi connectivity index (χ0n) is 9.21. The Morgan fingerprint density at radius 1 is 1.29 bits per heavy atom. The van der Waals surface area contributed by atoms with E-state index >= 15 is 0 Å². The van der Waals surface area contributed by atoms with Crippen LogP contribution >= 0.6 is 0 Å². The number of carbonyl (C=O) groups is 2. The van der Waals surface area contributed by atoms with E-state index in [-0.39, 0.29) is 11.9 Å². The van der Waals surface area contributed by atoms with Crippen LogP contribution in [0.5, 0.6) is 0 Å². The molecule has 0 radical (unpaired) electrons. The van der Waals surface area contributed by atoms with Gasteiger partial charge in [-0.2, -0.15) is 0 Å². The summed E-state index contributed by atoms with van der Waals surface area (Å²) >= 11 is 0. The number of rotatable bonds is 6. The lowest BCUT2D eigenvalue weighted by molar-refractivity contribution is -0.143. The van der Waals surface area contributed by atoms with Gasteiger partial charge in [0, 0.05) is 26.9 Å². The van der Waals surface area contributed by atoms with Crippen LogP contribution in [0.3, 0.4) is 0 Å².